The number of amides is 1. The zero-order chi connectivity index (χ0) is 22.9. The molecule has 8 heteroatoms. The van der Waals surface area contributed by atoms with Crippen LogP contribution in [0.5, 0.6) is 0 Å². The Hall–Kier alpha value is -1.15. The molecule has 2 rings (SSSR count). The van der Waals surface area contributed by atoms with Gasteiger partial charge in [0.05, 0.1) is 21.7 Å². The van der Waals surface area contributed by atoms with E-state index in [0.717, 1.165) is 19.3 Å². The molecule has 174 valence electrons. The maximum Gasteiger partial charge on any atom is 0.410 e. The summed E-state index contributed by atoms with van der Waals surface area (Å²) >= 11 is 0. The number of likely N-dealkylation sites (tertiary alicyclic amines) is 1. The summed E-state index contributed by atoms with van der Waals surface area (Å²) in [6.07, 6.45) is 2.42. The van der Waals surface area contributed by atoms with Crippen molar-refractivity contribution in [3.05, 3.63) is 0 Å². The molecule has 1 aliphatic carbocycles. The Morgan fingerprint density at radius 2 is 1.67 bits per heavy atom. The van der Waals surface area contributed by atoms with Crippen LogP contribution in [0, 0.1) is 11.3 Å². The Labute approximate surface area is 184 Å². The van der Waals surface area contributed by atoms with E-state index in [1.54, 1.807) is 4.90 Å². The van der Waals surface area contributed by atoms with Gasteiger partial charge in [0.2, 0.25) is 0 Å². The number of nitrogens with zero attached hydrogens (tertiary/aromatic N) is 1. The van der Waals surface area contributed by atoms with Gasteiger partial charge in [-0.15, -0.1) is 0 Å². The molecular formula is C22H40N2O5S. The van der Waals surface area contributed by atoms with Crippen LogP contribution in [0.25, 0.3) is 0 Å². The van der Waals surface area contributed by atoms with E-state index in [9.17, 15) is 13.8 Å². The fraction of sp³-hybridized carbons (Fsp3) is 0.909. The van der Waals surface area contributed by atoms with Gasteiger partial charge in [-0.05, 0) is 66.2 Å². The van der Waals surface area contributed by atoms with Crippen molar-refractivity contribution in [2.45, 2.75) is 104 Å². The Balaban J connectivity index is 2.12. The summed E-state index contributed by atoms with van der Waals surface area (Å²) in [5.74, 6) is -0.371. The molecule has 30 heavy (non-hydrogen) atoms. The molecule has 1 saturated heterocycles. The van der Waals surface area contributed by atoms with Gasteiger partial charge in [-0.3, -0.25) is 4.79 Å². The highest BCUT2D eigenvalue weighted by Gasteiger charge is 2.51. The van der Waals surface area contributed by atoms with Crippen molar-refractivity contribution in [3.63, 3.8) is 0 Å². The van der Waals surface area contributed by atoms with Gasteiger partial charge < -0.3 is 14.4 Å². The predicted octanol–water partition coefficient (Wildman–Crippen LogP) is 3.79. The van der Waals surface area contributed by atoms with Crippen molar-refractivity contribution in [1.82, 2.24) is 9.62 Å². The van der Waals surface area contributed by atoms with Crippen LogP contribution >= 0.6 is 0 Å². The summed E-state index contributed by atoms with van der Waals surface area (Å²) in [4.78, 5) is 26.4. The van der Waals surface area contributed by atoms with E-state index in [1.807, 2.05) is 55.4 Å². The number of piperidine rings is 1. The number of ether oxygens (including phenoxy) is 2. The zero-order valence-electron chi connectivity index (χ0n) is 19.9. The van der Waals surface area contributed by atoms with Gasteiger partial charge >= 0.3 is 12.1 Å². The number of rotatable bonds is 4. The minimum absolute atomic E-state index is 0.0247. The fourth-order valence-corrected chi connectivity index (χ4v) is 5.03. The molecule has 0 bridgehead atoms. The highest BCUT2D eigenvalue weighted by Crippen LogP contribution is 2.48. The standard InChI is InChI=1S/C22H40N2O5S/c1-15(2)18(25)28-16-13-17(23-30(27)21(6,7)8)22(14-16)9-11-24(12-10-22)19(26)29-20(3,4)5/h15-17,23H,9-14H2,1-8H3/t16-,17-,30+/m1/s1. The topological polar surface area (TPSA) is 84.9 Å². The number of esters is 1. The normalized spacial score (nSPS) is 25.4. The molecule has 1 amide bonds. The number of nitrogens with one attached hydrogen (secondary N) is 1. The fourth-order valence-electron chi connectivity index (χ4n) is 4.07. The lowest BCUT2D eigenvalue weighted by atomic mass is 9.74. The second-order valence-corrected chi connectivity index (χ2v) is 13.0. The van der Waals surface area contributed by atoms with Crippen molar-refractivity contribution in [2.75, 3.05) is 13.1 Å². The van der Waals surface area contributed by atoms with Gasteiger partial charge in [-0.1, -0.05) is 13.8 Å². The molecule has 0 aromatic carbocycles. The highest BCUT2D eigenvalue weighted by molar-refractivity contribution is 7.84. The number of hydrogen-bond acceptors (Lipinski definition) is 5. The molecule has 0 unspecified atom stereocenters. The first kappa shape index (κ1) is 25.1. The summed E-state index contributed by atoms with van der Waals surface area (Å²) in [6, 6.07) is -0.0247. The van der Waals surface area contributed by atoms with Crippen LogP contribution in [0.3, 0.4) is 0 Å². The lowest BCUT2D eigenvalue weighted by Gasteiger charge is -2.43. The molecule has 1 saturated carbocycles. The molecular weight excluding hydrogens is 404 g/mol. The molecule has 0 aromatic heterocycles. The molecule has 7 nitrogen and oxygen atoms in total. The van der Waals surface area contributed by atoms with E-state index >= 15 is 0 Å². The van der Waals surface area contributed by atoms with Gasteiger partial charge in [0.15, 0.2) is 0 Å². The summed E-state index contributed by atoms with van der Waals surface area (Å²) in [7, 11) is -1.22. The Kier molecular flexibility index (Phi) is 7.66. The molecule has 2 fully saturated rings. The first-order valence-electron chi connectivity index (χ1n) is 11.0. The largest absolute Gasteiger partial charge is 0.462 e. The van der Waals surface area contributed by atoms with Gasteiger partial charge in [0.25, 0.3) is 0 Å². The maximum absolute atomic E-state index is 12.8. The van der Waals surface area contributed by atoms with Gasteiger partial charge in [0, 0.05) is 25.6 Å². The zero-order valence-corrected chi connectivity index (χ0v) is 20.7. The number of carbonyl (C=O) groups is 2. The average molecular weight is 445 g/mol. The molecule has 3 atom stereocenters. The number of carbonyl (C=O) groups excluding carboxylic acids is 2. The van der Waals surface area contributed by atoms with Crippen molar-refractivity contribution in [1.29, 1.82) is 0 Å². The average Bonchev–Trinajstić information content (AvgIpc) is 2.89. The summed E-state index contributed by atoms with van der Waals surface area (Å²) in [6.45, 7) is 16.2. The van der Waals surface area contributed by atoms with E-state index in [4.69, 9.17) is 9.47 Å². The van der Waals surface area contributed by atoms with E-state index in [2.05, 4.69) is 4.72 Å². The van der Waals surface area contributed by atoms with Crippen LogP contribution in [0.15, 0.2) is 0 Å². The Morgan fingerprint density at radius 3 is 2.13 bits per heavy atom. The first-order valence-corrected chi connectivity index (χ1v) is 12.1. The monoisotopic (exact) mass is 444 g/mol. The highest BCUT2D eigenvalue weighted by atomic mass is 32.2. The predicted molar refractivity (Wildman–Crippen MR) is 118 cm³/mol. The molecule has 1 aliphatic heterocycles. The first-order chi connectivity index (χ1) is 13.6. The van der Waals surface area contributed by atoms with Gasteiger partial charge in [0.1, 0.15) is 11.7 Å². The molecule has 2 aliphatic rings. The minimum Gasteiger partial charge on any atom is -0.462 e. The van der Waals surface area contributed by atoms with Gasteiger partial charge in [-0.2, -0.15) is 0 Å². The van der Waals surface area contributed by atoms with E-state index < -0.39 is 16.6 Å². The van der Waals surface area contributed by atoms with Crippen LogP contribution in [-0.4, -0.2) is 56.8 Å². The van der Waals surface area contributed by atoms with Crippen molar-refractivity contribution in [3.8, 4) is 0 Å². The van der Waals surface area contributed by atoms with E-state index in [0.29, 0.717) is 19.5 Å². The van der Waals surface area contributed by atoms with Crippen molar-refractivity contribution in [2.24, 2.45) is 11.3 Å². The van der Waals surface area contributed by atoms with E-state index in [1.165, 1.54) is 0 Å². The minimum atomic E-state index is -1.22. The molecule has 0 aromatic rings. The van der Waals surface area contributed by atoms with Crippen molar-refractivity contribution >= 4 is 23.0 Å². The second kappa shape index (κ2) is 9.15. The van der Waals surface area contributed by atoms with Gasteiger partial charge in [-0.25, -0.2) is 13.7 Å². The third-order valence-electron chi connectivity index (χ3n) is 5.84. The number of hydrogen-bond donors (Lipinski definition) is 1. The SMILES string of the molecule is CC(C)C(=O)O[C@@H]1C[C@@H](N[S@@](=O)C(C)(C)C)C2(CCN(C(=O)OC(C)(C)C)CC2)C1. The molecule has 1 heterocycles. The van der Waals surface area contributed by atoms with Crippen molar-refractivity contribution < 1.29 is 23.3 Å². The molecule has 1 spiro atoms. The smallest absolute Gasteiger partial charge is 0.410 e. The Bertz CT molecular complexity index is 657. The summed E-state index contributed by atoms with van der Waals surface area (Å²) in [5, 5.41) is 0. The van der Waals surface area contributed by atoms with Crippen LogP contribution < -0.4 is 4.72 Å². The summed E-state index contributed by atoms with van der Waals surface area (Å²) in [5.41, 5.74) is -0.676. The quantitative estimate of drug-likeness (QED) is 0.667. The lowest BCUT2D eigenvalue weighted by Crippen LogP contribution is -2.52. The Morgan fingerprint density at radius 1 is 1.10 bits per heavy atom. The lowest BCUT2D eigenvalue weighted by molar-refractivity contribution is -0.152. The van der Waals surface area contributed by atoms with Crippen LogP contribution in [0.4, 0.5) is 4.79 Å². The third kappa shape index (κ3) is 6.42. The third-order valence-corrected chi connectivity index (χ3v) is 7.45. The molecule has 0 radical (unpaired) electrons. The second-order valence-electron chi connectivity index (χ2n) is 11.0. The summed E-state index contributed by atoms with van der Waals surface area (Å²) < 4.78 is 27.0. The van der Waals surface area contributed by atoms with Crippen LogP contribution in [0.2, 0.25) is 0 Å². The van der Waals surface area contributed by atoms with E-state index in [-0.39, 0.29) is 40.3 Å². The van der Waals surface area contributed by atoms with Crippen LogP contribution in [0.1, 0.15) is 81.1 Å². The van der Waals surface area contributed by atoms with Crippen LogP contribution in [-0.2, 0) is 25.3 Å². The maximum atomic E-state index is 12.8. The molecule has 1 N–H and O–H groups in total.